The molecule has 6 nitrogen and oxygen atoms in total. The summed E-state index contributed by atoms with van der Waals surface area (Å²) in [5, 5.41) is 6.22. The van der Waals surface area contributed by atoms with E-state index >= 15 is 0 Å². The Morgan fingerprint density at radius 3 is 2.48 bits per heavy atom. The van der Waals surface area contributed by atoms with E-state index in [0.717, 1.165) is 22.7 Å². The van der Waals surface area contributed by atoms with Crippen LogP contribution in [0.2, 0.25) is 0 Å². The highest BCUT2D eigenvalue weighted by atomic mass is 16.5. The van der Waals surface area contributed by atoms with Crippen molar-refractivity contribution in [2.75, 3.05) is 25.6 Å². The Morgan fingerprint density at radius 2 is 1.76 bits per heavy atom. The van der Waals surface area contributed by atoms with Gasteiger partial charge in [0.25, 0.3) is 5.91 Å². The van der Waals surface area contributed by atoms with Crippen LogP contribution in [0.1, 0.15) is 28.9 Å². The summed E-state index contributed by atoms with van der Waals surface area (Å²) in [6.45, 7) is 3.02. The van der Waals surface area contributed by atoms with Gasteiger partial charge in [-0.15, -0.1) is 0 Å². The number of pyridine rings is 1. The van der Waals surface area contributed by atoms with Crippen LogP contribution in [0.15, 0.2) is 73.1 Å². The second-order valence-corrected chi connectivity index (χ2v) is 6.52. The Labute approximate surface area is 170 Å². The summed E-state index contributed by atoms with van der Waals surface area (Å²) in [6, 6.07) is 19.0. The van der Waals surface area contributed by atoms with Crippen LogP contribution in [0.5, 0.6) is 11.5 Å². The topological polar surface area (TPSA) is 72.5 Å². The first-order valence-electron chi connectivity index (χ1n) is 9.47. The molecule has 0 fully saturated rings. The molecule has 3 rings (SSSR count). The van der Waals surface area contributed by atoms with Crippen LogP contribution in [-0.4, -0.2) is 31.2 Å². The average molecular weight is 391 g/mol. The van der Waals surface area contributed by atoms with Gasteiger partial charge >= 0.3 is 0 Å². The van der Waals surface area contributed by atoms with E-state index in [1.54, 1.807) is 25.6 Å². The van der Waals surface area contributed by atoms with E-state index in [1.165, 1.54) is 0 Å². The zero-order valence-corrected chi connectivity index (χ0v) is 16.6. The number of rotatable bonds is 9. The standard InChI is InChI=1S/C23H25N3O3/c1-17(18-6-4-3-5-7-18)26-23(27)19-14-20(16-24-15-19)25-12-13-29-22-10-8-21(28-2)9-11-22/h3-11,14-17,25H,12-13H2,1-2H3,(H,26,27). The molecule has 1 heterocycles. The van der Waals surface area contributed by atoms with Crippen molar-refractivity contribution < 1.29 is 14.3 Å². The van der Waals surface area contributed by atoms with Crippen LogP contribution in [0.3, 0.4) is 0 Å². The summed E-state index contributed by atoms with van der Waals surface area (Å²) in [5.74, 6) is 1.40. The third-order valence-electron chi connectivity index (χ3n) is 4.41. The van der Waals surface area contributed by atoms with E-state index in [0.29, 0.717) is 18.7 Å². The number of hydrogen-bond acceptors (Lipinski definition) is 5. The van der Waals surface area contributed by atoms with Gasteiger partial charge in [-0.2, -0.15) is 0 Å². The van der Waals surface area contributed by atoms with Gasteiger partial charge in [0.05, 0.1) is 24.4 Å². The molecule has 2 N–H and O–H groups in total. The number of methoxy groups -OCH3 is 1. The van der Waals surface area contributed by atoms with Crippen LogP contribution in [0, 0.1) is 0 Å². The second kappa shape index (κ2) is 10.1. The van der Waals surface area contributed by atoms with Gasteiger partial charge in [-0.3, -0.25) is 9.78 Å². The number of anilines is 1. The molecule has 0 radical (unpaired) electrons. The Balaban J connectivity index is 1.49. The van der Waals surface area contributed by atoms with Crippen molar-refractivity contribution in [2.24, 2.45) is 0 Å². The van der Waals surface area contributed by atoms with Gasteiger partial charge in [0.2, 0.25) is 0 Å². The van der Waals surface area contributed by atoms with E-state index in [9.17, 15) is 4.79 Å². The maximum atomic E-state index is 12.5. The summed E-state index contributed by atoms with van der Waals surface area (Å²) in [5.41, 5.74) is 2.33. The van der Waals surface area contributed by atoms with Crippen molar-refractivity contribution >= 4 is 11.6 Å². The van der Waals surface area contributed by atoms with E-state index < -0.39 is 0 Å². The van der Waals surface area contributed by atoms with Gasteiger partial charge in [0, 0.05) is 18.9 Å². The fraction of sp³-hybridized carbons (Fsp3) is 0.217. The van der Waals surface area contributed by atoms with Crippen molar-refractivity contribution in [3.63, 3.8) is 0 Å². The number of nitrogens with one attached hydrogen (secondary N) is 2. The quantitative estimate of drug-likeness (QED) is 0.538. The molecule has 1 aromatic heterocycles. The monoisotopic (exact) mass is 391 g/mol. The van der Waals surface area contributed by atoms with Gasteiger partial charge in [0.15, 0.2) is 0 Å². The second-order valence-electron chi connectivity index (χ2n) is 6.52. The molecule has 6 heteroatoms. The molecule has 0 spiro atoms. The lowest BCUT2D eigenvalue weighted by molar-refractivity contribution is 0.0939. The van der Waals surface area contributed by atoms with Crippen LogP contribution >= 0.6 is 0 Å². The molecular formula is C23H25N3O3. The number of benzene rings is 2. The Morgan fingerprint density at radius 1 is 1.03 bits per heavy atom. The molecule has 1 amide bonds. The molecule has 1 unspecified atom stereocenters. The summed E-state index contributed by atoms with van der Waals surface area (Å²) < 4.78 is 10.8. The summed E-state index contributed by atoms with van der Waals surface area (Å²) in [7, 11) is 1.63. The number of amides is 1. The molecule has 0 bridgehead atoms. The molecular weight excluding hydrogens is 366 g/mol. The molecule has 0 aliphatic rings. The highest BCUT2D eigenvalue weighted by molar-refractivity contribution is 5.94. The fourth-order valence-electron chi connectivity index (χ4n) is 2.80. The smallest absolute Gasteiger partial charge is 0.253 e. The van der Waals surface area contributed by atoms with Crippen LogP contribution in [0.4, 0.5) is 5.69 Å². The number of carbonyl (C=O) groups excluding carboxylic acids is 1. The lowest BCUT2D eigenvalue weighted by atomic mass is 10.1. The Hall–Kier alpha value is -3.54. The van der Waals surface area contributed by atoms with Crippen LogP contribution < -0.4 is 20.1 Å². The minimum atomic E-state index is -0.160. The van der Waals surface area contributed by atoms with Gasteiger partial charge < -0.3 is 20.1 Å². The normalized spacial score (nSPS) is 11.4. The predicted octanol–water partition coefficient (Wildman–Crippen LogP) is 4.07. The first kappa shape index (κ1) is 20.2. The maximum Gasteiger partial charge on any atom is 0.253 e. The van der Waals surface area contributed by atoms with Crippen molar-refractivity contribution in [1.29, 1.82) is 0 Å². The molecule has 150 valence electrons. The number of carbonyl (C=O) groups is 1. The number of ether oxygens (including phenoxy) is 2. The molecule has 0 saturated carbocycles. The first-order valence-corrected chi connectivity index (χ1v) is 9.47. The van der Waals surface area contributed by atoms with E-state index in [-0.39, 0.29) is 11.9 Å². The minimum absolute atomic E-state index is 0.0850. The molecule has 0 saturated heterocycles. The van der Waals surface area contributed by atoms with Crippen molar-refractivity contribution in [3.8, 4) is 11.5 Å². The molecule has 2 aromatic carbocycles. The number of aromatic nitrogens is 1. The van der Waals surface area contributed by atoms with E-state index in [1.807, 2.05) is 61.5 Å². The maximum absolute atomic E-state index is 12.5. The molecule has 3 aromatic rings. The predicted molar refractivity (Wildman–Crippen MR) is 114 cm³/mol. The number of nitrogens with zero attached hydrogens (tertiary/aromatic N) is 1. The molecule has 0 aliphatic carbocycles. The lowest BCUT2D eigenvalue weighted by Crippen LogP contribution is -2.26. The van der Waals surface area contributed by atoms with E-state index in [2.05, 4.69) is 15.6 Å². The third-order valence-corrected chi connectivity index (χ3v) is 4.41. The van der Waals surface area contributed by atoms with Crippen LogP contribution in [-0.2, 0) is 0 Å². The summed E-state index contributed by atoms with van der Waals surface area (Å²) in [6.07, 6.45) is 3.25. The zero-order chi connectivity index (χ0) is 20.5. The molecule has 0 aliphatic heterocycles. The number of hydrogen-bond donors (Lipinski definition) is 2. The van der Waals surface area contributed by atoms with Gasteiger partial charge in [0.1, 0.15) is 18.1 Å². The highest BCUT2D eigenvalue weighted by Crippen LogP contribution is 2.17. The molecule has 1 atom stereocenters. The Kier molecular flexibility index (Phi) is 7.05. The summed E-state index contributed by atoms with van der Waals surface area (Å²) in [4.78, 5) is 16.7. The largest absolute Gasteiger partial charge is 0.497 e. The van der Waals surface area contributed by atoms with Crippen LogP contribution in [0.25, 0.3) is 0 Å². The lowest BCUT2D eigenvalue weighted by Gasteiger charge is -2.15. The first-order chi connectivity index (χ1) is 14.2. The Bertz CT molecular complexity index is 914. The third kappa shape index (κ3) is 5.97. The highest BCUT2D eigenvalue weighted by Gasteiger charge is 2.12. The van der Waals surface area contributed by atoms with Crippen molar-refractivity contribution in [3.05, 3.63) is 84.2 Å². The fourth-order valence-corrected chi connectivity index (χ4v) is 2.80. The van der Waals surface area contributed by atoms with Gasteiger partial charge in [-0.05, 0) is 42.8 Å². The van der Waals surface area contributed by atoms with Gasteiger partial charge in [-0.1, -0.05) is 30.3 Å². The summed E-state index contributed by atoms with van der Waals surface area (Å²) >= 11 is 0. The van der Waals surface area contributed by atoms with Gasteiger partial charge in [-0.25, -0.2) is 0 Å². The average Bonchev–Trinajstić information content (AvgIpc) is 2.78. The SMILES string of the molecule is COc1ccc(OCCNc2cncc(C(=O)NC(C)c3ccccc3)c2)cc1. The zero-order valence-electron chi connectivity index (χ0n) is 16.6. The van der Waals surface area contributed by atoms with Crippen molar-refractivity contribution in [1.82, 2.24) is 10.3 Å². The molecule has 29 heavy (non-hydrogen) atoms. The minimum Gasteiger partial charge on any atom is -0.497 e. The van der Waals surface area contributed by atoms with Crippen molar-refractivity contribution in [2.45, 2.75) is 13.0 Å². The van der Waals surface area contributed by atoms with E-state index in [4.69, 9.17) is 9.47 Å².